The van der Waals surface area contributed by atoms with Crippen LogP contribution in [-0.2, 0) is 6.54 Å². The first kappa shape index (κ1) is 12.6. The molecule has 0 aliphatic rings. The van der Waals surface area contributed by atoms with Crippen LogP contribution in [0.25, 0.3) is 0 Å². The van der Waals surface area contributed by atoms with Crippen molar-refractivity contribution < 1.29 is 0 Å². The second-order valence-corrected chi connectivity index (χ2v) is 5.94. The number of hydrogen-bond donors (Lipinski definition) is 1. The molecule has 0 saturated carbocycles. The predicted molar refractivity (Wildman–Crippen MR) is 66.2 cm³/mol. The van der Waals surface area contributed by atoms with E-state index >= 15 is 0 Å². The van der Waals surface area contributed by atoms with Crippen molar-refractivity contribution in [1.29, 1.82) is 0 Å². The maximum Gasteiger partial charge on any atom is 0.0794 e. The molecule has 1 rings (SSSR count). The van der Waals surface area contributed by atoms with E-state index in [4.69, 9.17) is 0 Å². The Morgan fingerprint density at radius 3 is 2.73 bits per heavy atom. The summed E-state index contributed by atoms with van der Waals surface area (Å²) in [6.45, 7) is 7.63. The normalized spacial score (nSPS) is 12.3. The van der Waals surface area contributed by atoms with E-state index in [1.54, 1.807) is 11.3 Å². The van der Waals surface area contributed by atoms with E-state index in [2.05, 4.69) is 43.1 Å². The van der Waals surface area contributed by atoms with Crippen molar-refractivity contribution in [2.45, 2.75) is 20.4 Å². The van der Waals surface area contributed by atoms with Crippen LogP contribution in [0.2, 0.25) is 0 Å². The fourth-order valence-corrected chi connectivity index (χ4v) is 2.33. The van der Waals surface area contributed by atoms with Gasteiger partial charge in [0.1, 0.15) is 0 Å². The molecule has 0 atom stereocenters. The van der Waals surface area contributed by atoms with E-state index in [1.165, 1.54) is 4.88 Å². The van der Waals surface area contributed by atoms with Gasteiger partial charge in [-0.3, -0.25) is 4.98 Å². The SMILES string of the molecule is CN(C)CC(C)(C)CNCc1cncs1. The van der Waals surface area contributed by atoms with E-state index in [0.717, 1.165) is 19.6 Å². The largest absolute Gasteiger partial charge is 0.311 e. The highest BCUT2D eigenvalue weighted by Crippen LogP contribution is 2.14. The Hall–Kier alpha value is -0.450. The third-order valence-electron chi connectivity index (χ3n) is 2.13. The Kier molecular flexibility index (Phi) is 4.70. The van der Waals surface area contributed by atoms with Crippen molar-refractivity contribution in [2.75, 3.05) is 27.2 Å². The van der Waals surface area contributed by atoms with Crippen LogP contribution < -0.4 is 5.32 Å². The Bertz CT molecular complexity index is 267. The van der Waals surface area contributed by atoms with Gasteiger partial charge in [0, 0.05) is 30.7 Å². The fourth-order valence-electron chi connectivity index (χ4n) is 1.77. The van der Waals surface area contributed by atoms with Gasteiger partial charge in [0.2, 0.25) is 0 Å². The quantitative estimate of drug-likeness (QED) is 0.803. The van der Waals surface area contributed by atoms with Crippen LogP contribution in [0.15, 0.2) is 11.7 Å². The molecule has 0 radical (unpaired) electrons. The fraction of sp³-hybridized carbons (Fsp3) is 0.727. The third kappa shape index (κ3) is 5.25. The molecule has 0 aromatic carbocycles. The third-order valence-corrected chi connectivity index (χ3v) is 2.91. The first-order valence-corrected chi connectivity index (χ1v) is 6.10. The van der Waals surface area contributed by atoms with Gasteiger partial charge in [-0.05, 0) is 19.5 Å². The minimum Gasteiger partial charge on any atom is -0.311 e. The summed E-state index contributed by atoms with van der Waals surface area (Å²) in [7, 11) is 4.23. The maximum absolute atomic E-state index is 4.06. The first-order valence-electron chi connectivity index (χ1n) is 5.22. The lowest BCUT2D eigenvalue weighted by Crippen LogP contribution is -2.37. The van der Waals surface area contributed by atoms with Gasteiger partial charge in [0.15, 0.2) is 0 Å². The molecule has 4 heteroatoms. The number of nitrogens with one attached hydrogen (secondary N) is 1. The zero-order chi connectivity index (χ0) is 11.3. The molecule has 0 unspecified atom stereocenters. The molecule has 15 heavy (non-hydrogen) atoms. The van der Waals surface area contributed by atoms with Gasteiger partial charge in [0.25, 0.3) is 0 Å². The topological polar surface area (TPSA) is 28.2 Å². The zero-order valence-corrected chi connectivity index (χ0v) is 10.9. The van der Waals surface area contributed by atoms with Crippen molar-refractivity contribution in [2.24, 2.45) is 5.41 Å². The molecule has 1 aromatic rings. The summed E-state index contributed by atoms with van der Waals surface area (Å²) >= 11 is 1.70. The molecule has 86 valence electrons. The summed E-state index contributed by atoms with van der Waals surface area (Å²) in [5, 5.41) is 3.48. The number of aromatic nitrogens is 1. The van der Waals surface area contributed by atoms with Crippen molar-refractivity contribution in [3.8, 4) is 0 Å². The van der Waals surface area contributed by atoms with Gasteiger partial charge in [0.05, 0.1) is 5.51 Å². The van der Waals surface area contributed by atoms with Crippen LogP contribution in [0.5, 0.6) is 0 Å². The number of rotatable bonds is 6. The molecular formula is C11H21N3S. The summed E-state index contributed by atoms with van der Waals surface area (Å²) in [6, 6.07) is 0. The molecule has 1 aromatic heterocycles. The van der Waals surface area contributed by atoms with Crippen LogP contribution in [-0.4, -0.2) is 37.1 Å². The lowest BCUT2D eigenvalue weighted by molar-refractivity contribution is 0.232. The highest BCUT2D eigenvalue weighted by Gasteiger charge is 2.17. The van der Waals surface area contributed by atoms with Gasteiger partial charge in [-0.25, -0.2) is 0 Å². The molecule has 1 heterocycles. The van der Waals surface area contributed by atoms with Gasteiger partial charge in [-0.15, -0.1) is 11.3 Å². The number of nitrogens with zero attached hydrogens (tertiary/aromatic N) is 2. The van der Waals surface area contributed by atoms with E-state index in [9.17, 15) is 0 Å². The Labute approximate surface area is 96.5 Å². The molecule has 0 aliphatic heterocycles. The number of thiazole rings is 1. The highest BCUT2D eigenvalue weighted by atomic mass is 32.1. The van der Waals surface area contributed by atoms with E-state index in [1.807, 2.05) is 11.7 Å². The smallest absolute Gasteiger partial charge is 0.0794 e. The van der Waals surface area contributed by atoms with Gasteiger partial charge >= 0.3 is 0 Å². The molecule has 0 saturated heterocycles. The predicted octanol–water partition coefficient (Wildman–Crippen LogP) is 1.82. The van der Waals surface area contributed by atoms with Crippen LogP contribution in [0.4, 0.5) is 0 Å². The minimum atomic E-state index is 0.314. The second kappa shape index (κ2) is 5.58. The zero-order valence-electron chi connectivity index (χ0n) is 10.1. The van der Waals surface area contributed by atoms with E-state index in [0.29, 0.717) is 5.41 Å². The lowest BCUT2D eigenvalue weighted by Gasteiger charge is -2.28. The van der Waals surface area contributed by atoms with Crippen LogP contribution in [0.3, 0.4) is 0 Å². The Morgan fingerprint density at radius 2 is 2.20 bits per heavy atom. The standard InChI is InChI=1S/C11H21N3S/c1-11(2,8-14(3)4)7-12-5-10-6-13-9-15-10/h6,9,12H,5,7-8H2,1-4H3. The monoisotopic (exact) mass is 227 g/mol. The average Bonchev–Trinajstić information content (AvgIpc) is 2.53. The Balaban J connectivity index is 2.24. The summed E-state index contributed by atoms with van der Waals surface area (Å²) < 4.78 is 0. The van der Waals surface area contributed by atoms with Crippen molar-refractivity contribution >= 4 is 11.3 Å². The summed E-state index contributed by atoms with van der Waals surface area (Å²) in [5.41, 5.74) is 2.19. The minimum absolute atomic E-state index is 0.314. The summed E-state index contributed by atoms with van der Waals surface area (Å²) in [5.74, 6) is 0. The van der Waals surface area contributed by atoms with Crippen LogP contribution in [0.1, 0.15) is 18.7 Å². The summed E-state index contributed by atoms with van der Waals surface area (Å²) in [6.07, 6.45) is 1.93. The summed E-state index contributed by atoms with van der Waals surface area (Å²) in [4.78, 5) is 7.59. The van der Waals surface area contributed by atoms with Gasteiger partial charge < -0.3 is 10.2 Å². The second-order valence-electron chi connectivity index (χ2n) is 4.97. The first-order chi connectivity index (χ1) is 6.99. The maximum atomic E-state index is 4.06. The average molecular weight is 227 g/mol. The van der Waals surface area contributed by atoms with Crippen LogP contribution in [0, 0.1) is 5.41 Å². The Morgan fingerprint density at radius 1 is 1.47 bits per heavy atom. The van der Waals surface area contributed by atoms with Crippen molar-refractivity contribution in [1.82, 2.24) is 15.2 Å². The molecule has 0 spiro atoms. The molecule has 0 fully saturated rings. The number of hydrogen-bond acceptors (Lipinski definition) is 4. The lowest BCUT2D eigenvalue weighted by atomic mass is 9.93. The molecule has 0 amide bonds. The molecule has 0 bridgehead atoms. The van der Waals surface area contributed by atoms with Crippen molar-refractivity contribution in [3.05, 3.63) is 16.6 Å². The van der Waals surface area contributed by atoms with Gasteiger partial charge in [-0.1, -0.05) is 13.8 Å². The van der Waals surface area contributed by atoms with Gasteiger partial charge in [-0.2, -0.15) is 0 Å². The molecule has 3 nitrogen and oxygen atoms in total. The highest BCUT2D eigenvalue weighted by molar-refractivity contribution is 7.09. The molecule has 1 N–H and O–H groups in total. The van der Waals surface area contributed by atoms with E-state index in [-0.39, 0.29) is 0 Å². The van der Waals surface area contributed by atoms with Crippen molar-refractivity contribution in [3.63, 3.8) is 0 Å². The molecular weight excluding hydrogens is 206 g/mol. The van der Waals surface area contributed by atoms with Crippen LogP contribution >= 0.6 is 11.3 Å². The molecule has 0 aliphatic carbocycles. The van der Waals surface area contributed by atoms with E-state index < -0.39 is 0 Å².